The number of nitrogens with zero attached hydrogens (tertiary/aromatic N) is 6. The van der Waals surface area contributed by atoms with E-state index >= 15 is 0 Å². The average Bonchev–Trinajstić information content (AvgIpc) is 3.43. The van der Waals surface area contributed by atoms with Crippen molar-refractivity contribution in [3.63, 3.8) is 0 Å². The maximum absolute atomic E-state index is 11.1. The van der Waals surface area contributed by atoms with E-state index in [4.69, 9.17) is 11.6 Å². The number of carbonyl (C=O) groups is 1. The van der Waals surface area contributed by atoms with Crippen LogP contribution in [0.5, 0.6) is 0 Å². The predicted molar refractivity (Wildman–Crippen MR) is 139 cm³/mol. The van der Waals surface area contributed by atoms with Gasteiger partial charge in [0.2, 0.25) is 6.41 Å². The van der Waals surface area contributed by atoms with Crippen molar-refractivity contribution >= 4 is 29.5 Å². The standard InChI is InChI=1S/C25H35ClN8O/c1-5-9-22(24-25(27-17-35)29-18(4)28-24)33(12-6-2)13-8-14-34-31-23(30-32-34)16-19-10-11-20(7-3)21(26)15-19/h9-11,15,17H,5-8,12-14,16H2,1-4H3,(H,27,35)(H,28,29). The van der Waals surface area contributed by atoms with Gasteiger partial charge in [-0.25, -0.2) is 4.98 Å². The lowest BCUT2D eigenvalue weighted by Gasteiger charge is -2.27. The van der Waals surface area contributed by atoms with Crippen molar-refractivity contribution in [3.05, 3.63) is 57.8 Å². The van der Waals surface area contributed by atoms with Crippen LogP contribution in [0, 0.1) is 6.92 Å². The molecule has 0 aliphatic heterocycles. The molecule has 0 bridgehead atoms. The van der Waals surface area contributed by atoms with E-state index in [9.17, 15) is 4.79 Å². The van der Waals surface area contributed by atoms with Crippen LogP contribution < -0.4 is 5.32 Å². The van der Waals surface area contributed by atoms with Gasteiger partial charge in [-0.05, 0) is 55.0 Å². The number of rotatable bonds is 14. The number of aromatic amines is 1. The van der Waals surface area contributed by atoms with E-state index in [2.05, 4.69) is 74.6 Å². The molecule has 0 spiro atoms. The topological polar surface area (TPSA) is 105 Å². The van der Waals surface area contributed by atoms with E-state index < -0.39 is 0 Å². The number of allylic oxidation sites excluding steroid dienone is 1. The highest BCUT2D eigenvalue weighted by molar-refractivity contribution is 6.31. The SMILES string of the molecule is CCC=C(c1[nH]c(C)nc1NC=O)N(CCC)CCCn1nnc(Cc2ccc(CC)c(Cl)c2)n1. The number of hydrogen-bond donors (Lipinski definition) is 2. The zero-order chi connectivity index (χ0) is 25.2. The first kappa shape index (κ1) is 26.4. The minimum atomic E-state index is 0.549. The number of H-pyrrole nitrogens is 1. The molecule has 9 nitrogen and oxygen atoms in total. The van der Waals surface area contributed by atoms with Crippen LogP contribution in [0.1, 0.15) is 68.5 Å². The van der Waals surface area contributed by atoms with Crippen LogP contribution in [0.15, 0.2) is 24.3 Å². The van der Waals surface area contributed by atoms with E-state index in [0.717, 1.165) is 72.1 Å². The minimum absolute atomic E-state index is 0.549. The molecule has 0 atom stereocenters. The molecule has 2 N–H and O–H groups in total. The smallest absolute Gasteiger partial charge is 0.212 e. The summed E-state index contributed by atoms with van der Waals surface area (Å²) in [7, 11) is 0. The van der Waals surface area contributed by atoms with Crippen molar-refractivity contribution in [2.45, 2.75) is 66.3 Å². The summed E-state index contributed by atoms with van der Waals surface area (Å²) in [5.74, 6) is 1.99. The number of hydrogen-bond acceptors (Lipinski definition) is 6. The molecule has 0 unspecified atom stereocenters. The molecule has 0 aliphatic carbocycles. The van der Waals surface area contributed by atoms with Gasteiger partial charge in [-0.15, -0.1) is 10.2 Å². The van der Waals surface area contributed by atoms with Crippen LogP contribution in [0.25, 0.3) is 5.70 Å². The number of amides is 1. The normalized spacial score (nSPS) is 11.6. The predicted octanol–water partition coefficient (Wildman–Crippen LogP) is 4.63. The van der Waals surface area contributed by atoms with Crippen molar-refractivity contribution in [2.24, 2.45) is 0 Å². The Bertz CT molecular complexity index is 1140. The fourth-order valence-electron chi connectivity index (χ4n) is 4.06. The third-order valence-corrected chi connectivity index (χ3v) is 6.00. The highest BCUT2D eigenvalue weighted by Crippen LogP contribution is 2.26. The van der Waals surface area contributed by atoms with E-state index in [1.54, 1.807) is 4.80 Å². The Balaban J connectivity index is 1.65. The second-order valence-corrected chi connectivity index (χ2v) is 8.81. The van der Waals surface area contributed by atoms with Crippen molar-refractivity contribution in [2.75, 3.05) is 18.4 Å². The summed E-state index contributed by atoms with van der Waals surface area (Å²) in [5.41, 5.74) is 4.09. The Morgan fingerprint density at radius 1 is 1.26 bits per heavy atom. The van der Waals surface area contributed by atoms with E-state index in [-0.39, 0.29) is 0 Å². The molecule has 1 aromatic carbocycles. The molecule has 10 heteroatoms. The second kappa shape index (κ2) is 13.0. The number of halogens is 1. The summed E-state index contributed by atoms with van der Waals surface area (Å²) < 4.78 is 0. The third-order valence-electron chi connectivity index (χ3n) is 5.65. The van der Waals surface area contributed by atoms with Crippen LogP contribution in [-0.2, 0) is 24.2 Å². The number of imidazole rings is 1. The van der Waals surface area contributed by atoms with Gasteiger partial charge < -0.3 is 15.2 Å². The highest BCUT2D eigenvalue weighted by Gasteiger charge is 2.18. The van der Waals surface area contributed by atoms with Crippen LogP contribution in [0.2, 0.25) is 5.02 Å². The Hall–Kier alpha value is -3.20. The first-order valence-corrected chi connectivity index (χ1v) is 12.6. The van der Waals surface area contributed by atoms with Gasteiger partial charge in [-0.3, -0.25) is 4.79 Å². The summed E-state index contributed by atoms with van der Waals surface area (Å²) in [5, 5.41) is 16.5. The van der Waals surface area contributed by atoms with Gasteiger partial charge >= 0.3 is 0 Å². The molecule has 2 aromatic heterocycles. The quantitative estimate of drug-likeness (QED) is 0.314. The number of tetrazole rings is 1. The molecular formula is C25H35ClN8O. The number of aromatic nitrogens is 6. The Kier molecular flexibility index (Phi) is 9.84. The van der Waals surface area contributed by atoms with Crippen molar-refractivity contribution in [1.82, 2.24) is 35.1 Å². The molecule has 2 heterocycles. The molecule has 3 aromatic rings. The molecule has 35 heavy (non-hydrogen) atoms. The fourth-order valence-corrected chi connectivity index (χ4v) is 4.39. The van der Waals surface area contributed by atoms with Crippen molar-refractivity contribution < 1.29 is 4.79 Å². The molecule has 0 radical (unpaired) electrons. The fraction of sp³-hybridized carbons (Fsp3) is 0.480. The highest BCUT2D eigenvalue weighted by atomic mass is 35.5. The summed E-state index contributed by atoms with van der Waals surface area (Å²) in [6.07, 6.45) is 7.04. The molecule has 0 saturated carbocycles. The summed E-state index contributed by atoms with van der Waals surface area (Å²) >= 11 is 6.35. The minimum Gasteiger partial charge on any atom is -0.370 e. The van der Waals surface area contributed by atoms with Gasteiger partial charge in [-0.2, -0.15) is 4.80 Å². The lowest BCUT2D eigenvalue weighted by Crippen LogP contribution is -2.26. The molecule has 0 aliphatic rings. The molecule has 3 rings (SSSR count). The third kappa shape index (κ3) is 7.14. The average molecular weight is 499 g/mol. The first-order chi connectivity index (χ1) is 17.0. The zero-order valence-corrected chi connectivity index (χ0v) is 21.8. The van der Waals surface area contributed by atoms with Gasteiger partial charge in [0.15, 0.2) is 11.6 Å². The largest absolute Gasteiger partial charge is 0.370 e. The van der Waals surface area contributed by atoms with Gasteiger partial charge in [0.05, 0.1) is 12.2 Å². The molecule has 0 fully saturated rings. The second-order valence-electron chi connectivity index (χ2n) is 8.40. The maximum Gasteiger partial charge on any atom is 0.212 e. The van der Waals surface area contributed by atoms with E-state index in [1.807, 2.05) is 13.0 Å². The summed E-state index contributed by atoms with van der Waals surface area (Å²) in [6.45, 7) is 10.6. The zero-order valence-electron chi connectivity index (χ0n) is 21.0. The van der Waals surface area contributed by atoms with Gasteiger partial charge in [0.1, 0.15) is 11.5 Å². The van der Waals surface area contributed by atoms with Crippen LogP contribution in [-0.4, -0.2) is 54.6 Å². The van der Waals surface area contributed by atoms with Crippen molar-refractivity contribution in [1.29, 1.82) is 0 Å². The molecular weight excluding hydrogens is 464 g/mol. The number of benzene rings is 1. The Labute approximate surface area is 212 Å². The molecule has 0 saturated heterocycles. The first-order valence-electron chi connectivity index (χ1n) is 12.2. The molecule has 1 amide bonds. The van der Waals surface area contributed by atoms with Gasteiger partial charge in [0.25, 0.3) is 0 Å². The van der Waals surface area contributed by atoms with Crippen LogP contribution in [0.4, 0.5) is 5.82 Å². The summed E-state index contributed by atoms with van der Waals surface area (Å²) in [6, 6.07) is 6.11. The van der Waals surface area contributed by atoms with E-state index in [1.165, 1.54) is 0 Å². The lowest BCUT2D eigenvalue weighted by atomic mass is 10.1. The number of carbonyl (C=O) groups excluding carboxylic acids is 1. The van der Waals surface area contributed by atoms with Gasteiger partial charge in [-0.1, -0.05) is 50.6 Å². The van der Waals surface area contributed by atoms with Gasteiger partial charge in [0, 0.05) is 24.5 Å². The summed E-state index contributed by atoms with van der Waals surface area (Å²) in [4.78, 5) is 22.8. The monoisotopic (exact) mass is 498 g/mol. The van der Waals surface area contributed by atoms with Crippen molar-refractivity contribution in [3.8, 4) is 0 Å². The molecule has 188 valence electrons. The van der Waals surface area contributed by atoms with Crippen LogP contribution >= 0.6 is 11.6 Å². The van der Waals surface area contributed by atoms with Crippen LogP contribution in [0.3, 0.4) is 0 Å². The number of aryl methyl sites for hydroxylation is 3. The van der Waals surface area contributed by atoms with E-state index in [0.29, 0.717) is 31.0 Å². The number of anilines is 1. The Morgan fingerprint density at radius 2 is 2.09 bits per heavy atom. The lowest BCUT2D eigenvalue weighted by molar-refractivity contribution is -0.105. The number of nitrogens with one attached hydrogen (secondary N) is 2. The maximum atomic E-state index is 11.1. The Morgan fingerprint density at radius 3 is 2.77 bits per heavy atom.